The molecule has 0 heterocycles. The van der Waals surface area contributed by atoms with Gasteiger partial charge in [0.15, 0.2) is 0 Å². The minimum Gasteiger partial charge on any atom is -0.0671 e. The molecule has 1 atom stereocenters. The SMILES string of the molecule is CC([Si]c1ccccc1)[Si](C)(C)c1ccccc1. The molecule has 2 rings (SSSR count). The number of hydrogen-bond acceptors (Lipinski definition) is 0. The fraction of sp³-hybridized carbons (Fsp3) is 0.250. The van der Waals surface area contributed by atoms with Crippen molar-refractivity contribution in [3.8, 4) is 0 Å². The summed E-state index contributed by atoms with van der Waals surface area (Å²) in [6, 6.07) is 21.9. The van der Waals surface area contributed by atoms with Crippen molar-refractivity contribution in [2.24, 2.45) is 0 Å². The second-order valence-electron chi connectivity index (χ2n) is 5.32. The number of rotatable bonds is 4. The number of benzene rings is 2. The lowest BCUT2D eigenvalue weighted by Crippen LogP contribution is -2.48. The van der Waals surface area contributed by atoms with Crippen LogP contribution < -0.4 is 10.4 Å². The molecule has 0 fully saturated rings. The smallest absolute Gasteiger partial charge is 0.0671 e. The van der Waals surface area contributed by atoms with Crippen LogP contribution in [-0.2, 0) is 0 Å². The van der Waals surface area contributed by atoms with Crippen LogP contribution in [0.2, 0.25) is 18.3 Å². The zero-order valence-corrected chi connectivity index (χ0v) is 13.4. The van der Waals surface area contributed by atoms with Gasteiger partial charge in [0.05, 0.1) is 17.6 Å². The van der Waals surface area contributed by atoms with Crippen LogP contribution in [0, 0.1) is 0 Å². The predicted octanol–water partition coefficient (Wildman–Crippen LogP) is 2.98. The van der Waals surface area contributed by atoms with Crippen LogP contribution in [0.4, 0.5) is 0 Å². The molecule has 2 radical (unpaired) electrons. The average Bonchev–Trinajstić information content (AvgIpc) is 2.41. The molecule has 0 aliphatic carbocycles. The zero-order valence-electron chi connectivity index (χ0n) is 11.4. The molecule has 2 aromatic carbocycles. The largest absolute Gasteiger partial charge is 0.0813 e. The summed E-state index contributed by atoms with van der Waals surface area (Å²) in [7, 11) is -0.436. The van der Waals surface area contributed by atoms with Gasteiger partial charge in [0.2, 0.25) is 0 Å². The lowest BCUT2D eigenvalue weighted by molar-refractivity contribution is 1.26. The Morgan fingerprint density at radius 2 is 1.33 bits per heavy atom. The molecule has 0 aliphatic heterocycles. The lowest BCUT2D eigenvalue weighted by atomic mass is 10.4. The van der Waals surface area contributed by atoms with E-state index in [0.717, 1.165) is 14.7 Å². The average molecular weight is 269 g/mol. The quantitative estimate of drug-likeness (QED) is 0.748. The summed E-state index contributed by atoms with van der Waals surface area (Å²) in [4.78, 5) is 0. The Bertz CT molecular complexity index is 477. The van der Waals surface area contributed by atoms with Crippen LogP contribution in [0.25, 0.3) is 0 Å². The highest BCUT2D eigenvalue weighted by Crippen LogP contribution is 2.19. The van der Waals surface area contributed by atoms with E-state index in [1.807, 2.05) is 0 Å². The molecule has 0 N–H and O–H groups in total. The van der Waals surface area contributed by atoms with Gasteiger partial charge >= 0.3 is 0 Å². The fourth-order valence-corrected chi connectivity index (χ4v) is 6.96. The molecule has 1 unspecified atom stereocenters. The van der Waals surface area contributed by atoms with Crippen LogP contribution in [0.5, 0.6) is 0 Å². The maximum atomic E-state index is 2.49. The first-order chi connectivity index (χ1) is 8.60. The molecule has 2 heteroatoms. The van der Waals surface area contributed by atoms with Gasteiger partial charge in [-0.05, 0) is 5.16 Å². The Balaban J connectivity index is 2.15. The van der Waals surface area contributed by atoms with Gasteiger partial charge in [-0.2, -0.15) is 0 Å². The first-order valence-corrected chi connectivity index (χ1v) is 10.6. The van der Waals surface area contributed by atoms with Crippen molar-refractivity contribution in [2.45, 2.75) is 25.2 Å². The highest BCUT2D eigenvalue weighted by atomic mass is 28.4. The Kier molecular flexibility index (Phi) is 4.20. The predicted molar refractivity (Wildman–Crippen MR) is 84.8 cm³/mol. The van der Waals surface area contributed by atoms with Crippen LogP contribution in [0.3, 0.4) is 0 Å². The molecule has 92 valence electrons. The molecule has 0 amide bonds. The van der Waals surface area contributed by atoms with E-state index < -0.39 is 8.07 Å². The lowest BCUT2D eigenvalue weighted by Gasteiger charge is -2.30. The Hall–Kier alpha value is -1.13. The standard InChI is InChI=1S/C16H20Si2/c1-14(17-15-10-6-4-7-11-15)18(2,3)16-12-8-5-9-13-16/h4-14H,1-3H3. The molecule has 0 spiro atoms. The molecule has 0 saturated heterocycles. The highest BCUT2D eigenvalue weighted by molar-refractivity contribution is 6.97. The molecule has 0 saturated carbocycles. The van der Waals surface area contributed by atoms with Gasteiger partial charge in [0.1, 0.15) is 0 Å². The van der Waals surface area contributed by atoms with Gasteiger partial charge in [-0.25, -0.2) is 0 Å². The van der Waals surface area contributed by atoms with Crippen molar-refractivity contribution >= 4 is 28.0 Å². The van der Waals surface area contributed by atoms with Crippen molar-refractivity contribution in [2.75, 3.05) is 0 Å². The maximum Gasteiger partial charge on any atom is 0.0813 e. The molecule has 0 aromatic heterocycles. The molecule has 2 aromatic rings. The van der Waals surface area contributed by atoms with E-state index >= 15 is 0 Å². The van der Waals surface area contributed by atoms with Crippen molar-refractivity contribution in [3.05, 3.63) is 60.7 Å². The Morgan fingerprint density at radius 3 is 1.89 bits per heavy atom. The van der Waals surface area contributed by atoms with Gasteiger partial charge < -0.3 is 0 Å². The van der Waals surface area contributed by atoms with Gasteiger partial charge in [-0.15, -0.1) is 0 Å². The Labute approximate surface area is 114 Å². The van der Waals surface area contributed by atoms with E-state index in [4.69, 9.17) is 0 Å². The minimum atomic E-state index is -1.35. The molecule has 0 nitrogen and oxygen atoms in total. The second kappa shape index (κ2) is 5.68. The minimum absolute atomic E-state index is 0.780. The van der Waals surface area contributed by atoms with Crippen LogP contribution >= 0.6 is 0 Å². The summed E-state index contributed by atoms with van der Waals surface area (Å²) in [6.07, 6.45) is 0. The summed E-state index contributed by atoms with van der Waals surface area (Å²) in [5, 5.41) is 3.84. The van der Waals surface area contributed by atoms with Crippen LogP contribution in [-0.4, -0.2) is 17.6 Å². The molecular weight excluding hydrogens is 248 g/mol. The third kappa shape index (κ3) is 3.00. The molecular formula is C16H20Si2. The van der Waals surface area contributed by atoms with Gasteiger partial charge in [-0.1, -0.05) is 91.1 Å². The first-order valence-electron chi connectivity index (χ1n) is 6.48. The van der Waals surface area contributed by atoms with Crippen molar-refractivity contribution in [1.82, 2.24) is 0 Å². The monoisotopic (exact) mass is 268 g/mol. The topological polar surface area (TPSA) is 0 Å². The van der Waals surface area contributed by atoms with Crippen LogP contribution in [0.15, 0.2) is 60.7 Å². The van der Waals surface area contributed by atoms with Gasteiger partial charge in [-0.3, -0.25) is 0 Å². The number of hydrogen-bond donors (Lipinski definition) is 0. The molecule has 0 aliphatic rings. The van der Waals surface area contributed by atoms with E-state index in [2.05, 4.69) is 80.7 Å². The second-order valence-corrected chi connectivity index (χ2v) is 12.5. The molecule has 0 bridgehead atoms. The maximum absolute atomic E-state index is 2.49. The van der Waals surface area contributed by atoms with Crippen LogP contribution in [0.1, 0.15) is 6.92 Å². The Morgan fingerprint density at radius 1 is 0.833 bits per heavy atom. The third-order valence-corrected chi connectivity index (χ3v) is 11.4. The molecule has 18 heavy (non-hydrogen) atoms. The highest BCUT2D eigenvalue weighted by Gasteiger charge is 2.30. The van der Waals surface area contributed by atoms with Gasteiger partial charge in [0.25, 0.3) is 0 Å². The van der Waals surface area contributed by atoms with E-state index in [1.165, 1.54) is 5.19 Å². The van der Waals surface area contributed by atoms with E-state index in [-0.39, 0.29) is 0 Å². The summed E-state index contributed by atoms with van der Waals surface area (Å²) in [6.45, 7) is 7.40. The van der Waals surface area contributed by atoms with E-state index in [9.17, 15) is 0 Å². The van der Waals surface area contributed by atoms with Crippen molar-refractivity contribution < 1.29 is 0 Å². The third-order valence-electron chi connectivity index (χ3n) is 3.76. The normalized spacial score (nSPS) is 13.3. The van der Waals surface area contributed by atoms with E-state index in [0.29, 0.717) is 0 Å². The summed E-state index contributed by atoms with van der Waals surface area (Å²) in [5.41, 5.74) is 0. The zero-order chi connectivity index (χ0) is 13.0. The first kappa shape index (κ1) is 13.3. The summed E-state index contributed by atoms with van der Waals surface area (Å²) < 4.78 is 0. The van der Waals surface area contributed by atoms with Crippen molar-refractivity contribution in [3.63, 3.8) is 0 Å². The summed E-state index contributed by atoms with van der Waals surface area (Å²) in [5.74, 6) is 0. The fourth-order valence-electron chi connectivity index (χ4n) is 2.08. The van der Waals surface area contributed by atoms with Crippen molar-refractivity contribution in [1.29, 1.82) is 0 Å². The van der Waals surface area contributed by atoms with E-state index in [1.54, 1.807) is 5.19 Å². The summed E-state index contributed by atoms with van der Waals surface area (Å²) >= 11 is 0. The van der Waals surface area contributed by atoms with Gasteiger partial charge in [0, 0.05) is 0 Å².